The van der Waals surface area contributed by atoms with E-state index in [4.69, 9.17) is 0 Å². The summed E-state index contributed by atoms with van der Waals surface area (Å²) in [5.74, 6) is 0. The summed E-state index contributed by atoms with van der Waals surface area (Å²) in [6, 6.07) is 19.9. The van der Waals surface area contributed by atoms with E-state index in [1.54, 1.807) is 0 Å². The first-order valence-corrected chi connectivity index (χ1v) is 6.98. The SMILES string of the molecule is C.CC.Cc1ccc2ccc3cccc4ccc1c2c34. The van der Waals surface area contributed by atoms with Crippen molar-refractivity contribution in [3.8, 4) is 0 Å². The van der Waals surface area contributed by atoms with Crippen molar-refractivity contribution >= 4 is 32.3 Å². The van der Waals surface area contributed by atoms with Gasteiger partial charge in [0.1, 0.15) is 0 Å². The van der Waals surface area contributed by atoms with Gasteiger partial charge in [-0.15, -0.1) is 0 Å². The fourth-order valence-corrected chi connectivity index (χ4v) is 2.88. The van der Waals surface area contributed by atoms with Gasteiger partial charge in [-0.05, 0) is 44.8 Å². The third-order valence-corrected chi connectivity index (χ3v) is 3.75. The fraction of sp³-hybridized carbons (Fsp3) is 0.200. The smallest absolute Gasteiger partial charge is 0.00241 e. The highest BCUT2D eigenvalue weighted by Gasteiger charge is 2.08. The van der Waals surface area contributed by atoms with E-state index < -0.39 is 0 Å². The van der Waals surface area contributed by atoms with Crippen molar-refractivity contribution in [2.45, 2.75) is 28.2 Å². The highest BCUT2D eigenvalue weighted by Crippen LogP contribution is 2.35. The van der Waals surface area contributed by atoms with Crippen molar-refractivity contribution in [1.82, 2.24) is 0 Å². The van der Waals surface area contributed by atoms with Gasteiger partial charge < -0.3 is 0 Å². The van der Waals surface area contributed by atoms with E-state index in [9.17, 15) is 0 Å². The Morgan fingerprint density at radius 1 is 0.600 bits per heavy atom. The molecule has 0 bridgehead atoms. The predicted molar refractivity (Wildman–Crippen MR) is 93.0 cm³/mol. The molecule has 20 heavy (non-hydrogen) atoms. The molecule has 0 saturated carbocycles. The number of aryl methyl sites for hydroxylation is 1. The lowest BCUT2D eigenvalue weighted by atomic mass is 9.92. The molecule has 0 fully saturated rings. The Kier molecular flexibility index (Phi) is 3.94. The molecule has 4 aromatic rings. The molecule has 0 amide bonds. The molecule has 0 heteroatoms. The van der Waals surface area contributed by atoms with E-state index in [-0.39, 0.29) is 7.43 Å². The summed E-state index contributed by atoms with van der Waals surface area (Å²) in [4.78, 5) is 0. The van der Waals surface area contributed by atoms with E-state index in [0.717, 1.165) is 0 Å². The maximum absolute atomic E-state index is 2.25. The van der Waals surface area contributed by atoms with Gasteiger partial charge >= 0.3 is 0 Å². The average Bonchev–Trinajstić information content (AvgIpc) is 2.49. The minimum absolute atomic E-state index is 0. The number of rotatable bonds is 0. The molecule has 102 valence electrons. The first-order chi connectivity index (χ1) is 9.34. The molecule has 0 aliphatic carbocycles. The van der Waals surface area contributed by atoms with Gasteiger partial charge in [0.15, 0.2) is 0 Å². The Hall–Kier alpha value is -2.08. The van der Waals surface area contributed by atoms with Crippen molar-refractivity contribution in [2.75, 3.05) is 0 Å². The first kappa shape index (κ1) is 14.3. The molecule has 0 N–H and O–H groups in total. The van der Waals surface area contributed by atoms with Crippen molar-refractivity contribution in [3.05, 3.63) is 60.2 Å². The third-order valence-electron chi connectivity index (χ3n) is 3.75. The topological polar surface area (TPSA) is 0 Å². The summed E-state index contributed by atoms with van der Waals surface area (Å²) in [7, 11) is 0. The van der Waals surface area contributed by atoms with Crippen molar-refractivity contribution < 1.29 is 0 Å². The largest absolute Gasteiger partial charge is 0.0776 e. The monoisotopic (exact) mass is 262 g/mol. The van der Waals surface area contributed by atoms with Gasteiger partial charge in [-0.2, -0.15) is 0 Å². The van der Waals surface area contributed by atoms with Crippen LogP contribution in [0.25, 0.3) is 32.3 Å². The summed E-state index contributed by atoms with van der Waals surface area (Å²) in [5.41, 5.74) is 1.36. The lowest BCUT2D eigenvalue weighted by molar-refractivity contribution is 1.50. The Morgan fingerprint density at radius 3 is 1.75 bits per heavy atom. The lowest BCUT2D eigenvalue weighted by Gasteiger charge is -2.11. The summed E-state index contributed by atoms with van der Waals surface area (Å²) < 4.78 is 0. The zero-order valence-electron chi connectivity index (χ0n) is 11.7. The van der Waals surface area contributed by atoms with E-state index in [1.165, 1.54) is 37.9 Å². The molecule has 0 aliphatic rings. The third kappa shape index (κ3) is 1.92. The second kappa shape index (κ2) is 5.50. The molecule has 0 nitrogen and oxygen atoms in total. The highest BCUT2D eigenvalue weighted by molar-refractivity contribution is 6.23. The number of hydrogen-bond acceptors (Lipinski definition) is 0. The van der Waals surface area contributed by atoms with E-state index >= 15 is 0 Å². The molecule has 0 saturated heterocycles. The van der Waals surface area contributed by atoms with Crippen LogP contribution in [0.3, 0.4) is 0 Å². The van der Waals surface area contributed by atoms with Gasteiger partial charge in [-0.1, -0.05) is 75.9 Å². The van der Waals surface area contributed by atoms with Crippen LogP contribution in [-0.4, -0.2) is 0 Å². The van der Waals surface area contributed by atoms with Gasteiger partial charge in [0.05, 0.1) is 0 Å². The maximum Gasteiger partial charge on any atom is -0.00241 e. The minimum atomic E-state index is 0. The second-order valence-corrected chi connectivity index (χ2v) is 4.74. The minimum Gasteiger partial charge on any atom is -0.0776 e. The fourth-order valence-electron chi connectivity index (χ4n) is 2.88. The lowest BCUT2D eigenvalue weighted by Crippen LogP contribution is -1.85. The normalized spacial score (nSPS) is 10.3. The van der Waals surface area contributed by atoms with Crippen LogP contribution in [0.2, 0.25) is 0 Å². The molecule has 0 aliphatic heterocycles. The molecule has 0 spiro atoms. The van der Waals surface area contributed by atoms with Gasteiger partial charge in [-0.3, -0.25) is 0 Å². The Bertz CT molecular complexity index is 824. The van der Waals surface area contributed by atoms with Crippen LogP contribution in [0.15, 0.2) is 54.6 Å². The molecular weight excluding hydrogens is 240 g/mol. The van der Waals surface area contributed by atoms with Gasteiger partial charge in [0.2, 0.25) is 0 Å². The van der Waals surface area contributed by atoms with Gasteiger partial charge in [0.25, 0.3) is 0 Å². The first-order valence-electron chi connectivity index (χ1n) is 6.98. The summed E-state index contributed by atoms with van der Waals surface area (Å²) in [6.07, 6.45) is 0. The summed E-state index contributed by atoms with van der Waals surface area (Å²) in [6.45, 7) is 6.19. The Morgan fingerprint density at radius 2 is 1.10 bits per heavy atom. The van der Waals surface area contributed by atoms with Crippen LogP contribution in [-0.2, 0) is 0 Å². The van der Waals surface area contributed by atoms with Crippen LogP contribution < -0.4 is 0 Å². The molecule has 4 aromatic carbocycles. The standard InChI is InChI=1S/C17H12.C2H6.CH4/c1-11-5-6-14-8-7-12-3-2-4-13-9-10-15(11)17(14)16(12)13;1-2;/h2-10H,1H3;1-2H3;1H4. The zero-order chi connectivity index (χ0) is 13.4. The van der Waals surface area contributed by atoms with Crippen LogP contribution in [0.1, 0.15) is 26.8 Å². The molecule has 0 unspecified atom stereocenters. The van der Waals surface area contributed by atoms with E-state index in [2.05, 4.69) is 61.5 Å². The maximum atomic E-state index is 2.25. The molecule has 0 atom stereocenters. The summed E-state index contributed by atoms with van der Waals surface area (Å²) >= 11 is 0. The van der Waals surface area contributed by atoms with E-state index in [0.29, 0.717) is 0 Å². The molecule has 0 heterocycles. The van der Waals surface area contributed by atoms with Crippen molar-refractivity contribution in [2.24, 2.45) is 0 Å². The van der Waals surface area contributed by atoms with Crippen LogP contribution >= 0.6 is 0 Å². The molecule has 0 aromatic heterocycles. The van der Waals surface area contributed by atoms with Crippen LogP contribution in [0.4, 0.5) is 0 Å². The Labute approximate surface area is 121 Å². The Balaban J connectivity index is 0.000000471. The molecule has 0 radical (unpaired) electrons. The summed E-state index contributed by atoms with van der Waals surface area (Å²) in [5, 5.41) is 8.23. The second-order valence-electron chi connectivity index (χ2n) is 4.74. The zero-order valence-corrected chi connectivity index (χ0v) is 11.7. The number of benzene rings is 4. The average molecular weight is 262 g/mol. The van der Waals surface area contributed by atoms with Crippen molar-refractivity contribution in [1.29, 1.82) is 0 Å². The van der Waals surface area contributed by atoms with Crippen LogP contribution in [0.5, 0.6) is 0 Å². The van der Waals surface area contributed by atoms with E-state index in [1.807, 2.05) is 13.8 Å². The molecule has 4 rings (SSSR count). The van der Waals surface area contributed by atoms with Crippen molar-refractivity contribution in [3.63, 3.8) is 0 Å². The number of hydrogen-bond donors (Lipinski definition) is 0. The quantitative estimate of drug-likeness (QED) is 0.315. The molecular formula is C20H22. The van der Waals surface area contributed by atoms with Gasteiger partial charge in [-0.25, -0.2) is 0 Å². The highest BCUT2D eigenvalue weighted by atomic mass is 14.1. The van der Waals surface area contributed by atoms with Gasteiger partial charge in [0, 0.05) is 0 Å². The van der Waals surface area contributed by atoms with Crippen LogP contribution in [0, 0.1) is 6.92 Å². The predicted octanol–water partition coefficient (Wildman–Crippen LogP) is 6.55.